The van der Waals surface area contributed by atoms with E-state index in [1.54, 1.807) is 40.5 Å². The maximum absolute atomic E-state index is 13.7. The van der Waals surface area contributed by atoms with Gasteiger partial charge in [-0.3, -0.25) is 4.79 Å². The summed E-state index contributed by atoms with van der Waals surface area (Å²) in [5.74, 6) is 0.541. The highest BCUT2D eigenvalue weighted by atomic mass is 32.2. The van der Waals surface area contributed by atoms with Crippen LogP contribution in [0.3, 0.4) is 0 Å². The molecule has 1 aliphatic rings. The molecule has 36 heavy (non-hydrogen) atoms. The molecule has 4 rings (SSSR count). The second kappa shape index (κ2) is 11.2. The molecule has 0 saturated heterocycles. The molecule has 2 heterocycles. The van der Waals surface area contributed by atoms with Crippen LogP contribution in [0.2, 0.25) is 0 Å². The molecule has 2 atom stereocenters. The SMILES string of the molecule is CCC(C)N(CC(=O)N1CCc2sccc2C1COc1ccc(C)cc1)S(=O)(=O)c1ccc(C)cc1. The van der Waals surface area contributed by atoms with Crippen molar-refractivity contribution in [3.05, 3.63) is 81.5 Å². The summed E-state index contributed by atoms with van der Waals surface area (Å²) in [6.45, 7) is 8.37. The third-order valence-electron chi connectivity index (χ3n) is 6.85. The zero-order chi connectivity index (χ0) is 25.9. The smallest absolute Gasteiger partial charge is 0.243 e. The van der Waals surface area contributed by atoms with E-state index < -0.39 is 10.0 Å². The van der Waals surface area contributed by atoms with E-state index in [1.807, 2.05) is 57.3 Å². The largest absolute Gasteiger partial charge is 0.491 e. The minimum absolute atomic E-state index is 0.203. The van der Waals surface area contributed by atoms with Crippen molar-refractivity contribution >= 4 is 27.3 Å². The van der Waals surface area contributed by atoms with E-state index in [0.717, 1.165) is 28.9 Å². The lowest BCUT2D eigenvalue weighted by atomic mass is 10.0. The number of thiophene rings is 1. The van der Waals surface area contributed by atoms with E-state index in [4.69, 9.17) is 4.74 Å². The van der Waals surface area contributed by atoms with Gasteiger partial charge < -0.3 is 9.64 Å². The average Bonchev–Trinajstić information content (AvgIpc) is 3.35. The summed E-state index contributed by atoms with van der Waals surface area (Å²) in [6, 6.07) is 16.1. The quantitative estimate of drug-likeness (QED) is 0.377. The summed E-state index contributed by atoms with van der Waals surface area (Å²) >= 11 is 1.69. The number of carbonyl (C=O) groups is 1. The van der Waals surface area contributed by atoms with Gasteiger partial charge in [-0.25, -0.2) is 8.42 Å². The maximum Gasteiger partial charge on any atom is 0.243 e. The highest BCUT2D eigenvalue weighted by Gasteiger charge is 2.36. The topological polar surface area (TPSA) is 66.9 Å². The second-order valence-electron chi connectivity index (χ2n) is 9.40. The molecule has 3 aromatic rings. The number of carbonyl (C=O) groups excluding carboxylic acids is 1. The number of ether oxygens (including phenoxy) is 1. The first-order valence-corrected chi connectivity index (χ1v) is 14.7. The van der Waals surface area contributed by atoms with Crippen molar-refractivity contribution in [1.82, 2.24) is 9.21 Å². The van der Waals surface area contributed by atoms with Crippen LogP contribution in [-0.2, 0) is 21.2 Å². The Labute approximate surface area is 218 Å². The molecule has 6 nitrogen and oxygen atoms in total. The molecular formula is C28H34N2O4S2. The minimum atomic E-state index is -3.83. The first-order valence-electron chi connectivity index (χ1n) is 12.3. The number of hydrogen-bond donors (Lipinski definition) is 0. The number of amides is 1. The first-order chi connectivity index (χ1) is 17.2. The number of fused-ring (bicyclic) bond motifs is 1. The van der Waals surface area contributed by atoms with Crippen LogP contribution in [-0.4, -0.2) is 49.3 Å². The lowest BCUT2D eigenvalue weighted by Crippen LogP contribution is -2.49. The van der Waals surface area contributed by atoms with Crippen LogP contribution in [0.4, 0.5) is 0 Å². The predicted octanol–water partition coefficient (Wildman–Crippen LogP) is 5.36. The van der Waals surface area contributed by atoms with Gasteiger partial charge in [-0.1, -0.05) is 42.3 Å². The van der Waals surface area contributed by atoms with Gasteiger partial charge in [0.15, 0.2) is 0 Å². The van der Waals surface area contributed by atoms with Crippen molar-refractivity contribution < 1.29 is 17.9 Å². The van der Waals surface area contributed by atoms with E-state index >= 15 is 0 Å². The van der Waals surface area contributed by atoms with Crippen LogP contribution in [0.25, 0.3) is 0 Å². The maximum atomic E-state index is 13.7. The van der Waals surface area contributed by atoms with E-state index in [0.29, 0.717) is 19.6 Å². The van der Waals surface area contributed by atoms with Gasteiger partial charge in [0, 0.05) is 17.5 Å². The van der Waals surface area contributed by atoms with Crippen LogP contribution in [0.1, 0.15) is 47.9 Å². The molecule has 0 radical (unpaired) electrons. The molecule has 192 valence electrons. The first kappa shape index (κ1) is 26.4. The summed E-state index contributed by atoms with van der Waals surface area (Å²) < 4.78 is 34.6. The number of benzene rings is 2. The van der Waals surface area contributed by atoms with Crippen LogP contribution in [0.5, 0.6) is 5.75 Å². The monoisotopic (exact) mass is 526 g/mol. The van der Waals surface area contributed by atoms with E-state index in [-0.39, 0.29) is 29.4 Å². The van der Waals surface area contributed by atoms with Gasteiger partial charge in [0.2, 0.25) is 15.9 Å². The molecule has 0 bridgehead atoms. The molecule has 0 N–H and O–H groups in total. The lowest BCUT2D eigenvalue weighted by molar-refractivity contribution is -0.135. The Morgan fingerprint density at radius 3 is 2.36 bits per heavy atom. The predicted molar refractivity (Wildman–Crippen MR) is 144 cm³/mol. The zero-order valence-electron chi connectivity index (χ0n) is 21.3. The summed E-state index contributed by atoms with van der Waals surface area (Å²) in [6.07, 6.45) is 1.36. The van der Waals surface area contributed by atoms with Crippen molar-refractivity contribution in [2.24, 2.45) is 0 Å². The summed E-state index contributed by atoms with van der Waals surface area (Å²) in [5, 5.41) is 2.05. The molecule has 0 spiro atoms. The van der Waals surface area contributed by atoms with Gasteiger partial charge in [-0.05, 0) is 74.9 Å². The summed E-state index contributed by atoms with van der Waals surface area (Å²) in [7, 11) is -3.83. The minimum Gasteiger partial charge on any atom is -0.491 e. The van der Waals surface area contributed by atoms with Gasteiger partial charge in [0.1, 0.15) is 12.4 Å². The van der Waals surface area contributed by atoms with Gasteiger partial charge >= 0.3 is 0 Å². The van der Waals surface area contributed by atoms with Crippen LogP contribution < -0.4 is 4.74 Å². The van der Waals surface area contributed by atoms with Gasteiger partial charge in [-0.2, -0.15) is 4.31 Å². The van der Waals surface area contributed by atoms with E-state index in [1.165, 1.54) is 9.18 Å². The van der Waals surface area contributed by atoms with Crippen molar-refractivity contribution in [1.29, 1.82) is 0 Å². The standard InChI is InChI=1S/C28H34N2O4S2/c1-5-22(4)30(36(32,33)24-12-8-21(3)9-13-24)18-28(31)29-16-14-27-25(15-17-35-27)26(29)19-34-23-10-6-20(2)7-11-23/h6-13,15,17,22,26H,5,14,16,18-19H2,1-4H3. The second-order valence-corrected chi connectivity index (χ2v) is 12.3. The highest BCUT2D eigenvalue weighted by Crippen LogP contribution is 2.34. The molecule has 1 amide bonds. The highest BCUT2D eigenvalue weighted by molar-refractivity contribution is 7.89. The molecule has 1 aromatic heterocycles. The molecule has 0 fully saturated rings. The number of sulfonamides is 1. The summed E-state index contributed by atoms with van der Waals surface area (Å²) in [5.41, 5.74) is 3.22. The molecule has 2 aromatic carbocycles. The van der Waals surface area contributed by atoms with Crippen LogP contribution in [0.15, 0.2) is 64.9 Å². The molecule has 0 saturated carbocycles. The van der Waals surface area contributed by atoms with E-state index in [2.05, 4.69) is 6.07 Å². The molecular weight excluding hydrogens is 492 g/mol. The van der Waals surface area contributed by atoms with Gasteiger partial charge in [0.25, 0.3) is 0 Å². The van der Waals surface area contributed by atoms with Crippen molar-refractivity contribution in [3.63, 3.8) is 0 Å². The Morgan fingerprint density at radius 2 is 1.72 bits per heavy atom. The van der Waals surface area contributed by atoms with Crippen molar-refractivity contribution in [3.8, 4) is 5.75 Å². The number of nitrogens with zero attached hydrogens (tertiary/aromatic N) is 2. The molecule has 2 unspecified atom stereocenters. The van der Waals surface area contributed by atoms with Crippen LogP contribution in [0, 0.1) is 13.8 Å². The Hall–Kier alpha value is -2.68. The third kappa shape index (κ3) is 5.66. The zero-order valence-corrected chi connectivity index (χ0v) is 22.9. The Morgan fingerprint density at radius 1 is 1.08 bits per heavy atom. The van der Waals surface area contributed by atoms with Crippen molar-refractivity contribution in [2.75, 3.05) is 19.7 Å². The lowest BCUT2D eigenvalue weighted by Gasteiger charge is -2.37. The van der Waals surface area contributed by atoms with Crippen molar-refractivity contribution in [2.45, 2.75) is 57.5 Å². The Kier molecular flexibility index (Phi) is 8.17. The van der Waals surface area contributed by atoms with Crippen LogP contribution >= 0.6 is 11.3 Å². The van der Waals surface area contributed by atoms with Gasteiger partial charge in [-0.15, -0.1) is 11.3 Å². The fraction of sp³-hybridized carbons (Fsp3) is 0.393. The number of hydrogen-bond acceptors (Lipinski definition) is 5. The number of rotatable bonds is 9. The third-order valence-corrected chi connectivity index (χ3v) is 9.82. The summed E-state index contributed by atoms with van der Waals surface area (Å²) in [4.78, 5) is 17.0. The molecule has 1 aliphatic heterocycles. The molecule has 8 heteroatoms. The number of aryl methyl sites for hydroxylation is 2. The van der Waals surface area contributed by atoms with E-state index in [9.17, 15) is 13.2 Å². The Balaban J connectivity index is 1.58. The fourth-order valence-electron chi connectivity index (χ4n) is 4.44. The fourth-order valence-corrected chi connectivity index (χ4v) is 7.02. The normalized spacial score (nSPS) is 16.6. The average molecular weight is 527 g/mol. The van der Waals surface area contributed by atoms with Gasteiger partial charge in [0.05, 0.1) is 17.5 Å². The Bertz CT molecular complexity index is 1280. The molecule has 0 aliphatic carbocycles.